The molecule has 0 saturated carbocycles. The molecule has 0 spiro atoms. The van der Waals surface area contributed by atoms with Gasteiger partial charge in [-0.25, -0.2) is 14.8 Å². The zero-order chi connectivity index (χ0) is 9.26. The standard InChI is InChI=1S/C8H7N3O2/c1-13-8(12)6-4-10-7-5(11-6)2-3-9-7/h2,4H,3H2,1H3. The van der Waals surface area contributed by atoms with Gasteiger partial charge in [-0.05, 0) is 6.08 Å². The highest BCUT2D eigenvalue weighted by Gasteiger charge is 2.08. The number of esters is 1. The van der Waals surface area contributed by atoms with E-state index in [1.807, 2.05) is 6.08 Å². The lowest BCUT2D eigenvalue weighted by Crippen LogP contribution is -2.30. The van der Waals surface area contributed by atoms with Gasteiger partial charge in [0.2, 0.25) is 0 Å². The fraction of sp³-hybridized carbons (Fsp3) is 0.250. The van der Waals surface area contributed by atoms with Crippen LogP contribution in [0.1, 0.15) is 10.5 Å². The number of nitrogens with zero attached hydrogens (tertiary/aromatic N) is 3. The Kier molecular flexibility index (Phi) is 1.77. The maximum Gasteiger partial charge on any atom is 0.358 e. The fourth-order valence-electron chi connectivity index (χ4n) is 1.08. The van der Waals surface area contributed by atoms with Crippen LogP contribution in [0, 0.1) is 0 Å². The van der Waals surface area contributed by atoms with Gasteiger partial charge in [0.15, 0.2) is 11.2 Å². The predicted octanol–water partition coefficient (Wildman–Crippen LogP) is -1.32. The third-order valence-corrected chi connectivity index (χ3v) is 1.70. The van der Waals surface area contributed by atoms with Crippen LogP contribution < -0.4 is 10.8 Å². The summed E-state index contributed by atoms with van der Waals surface area (Å²) in [5.74, 6) is -0.476. The first kappa shape index (κ1) is 7.85. The molecule has 1 aromatic rings. The molecule has 0 unspecified atom stereocenters. The summed E-state index contributed by atoms with van der Waals surface area (Å²) in [6.07, 6.45) is 3.18. The van der Waals surface area contributed by atoms with E-state index in [0.29, 0.717) is 17.4 Å². The average molecular weight is 177 g/mol. The number of fused-ring (bicyclic) bond motifs is 1. The summed E-state index contributed by atoms with van der Waals surface area (Å²) in [6.45, 7) is 0.583. The van der Waals surface area contributed by atoms with Crippen molar-refractivity contribution in [2.24, 2.45) is 4.99 Å². The molecular formula is C8H7N3O2. The first-order chi connectivity index (χ1) is 6.31. The van der Waals surface area contributed by atoms with E-state index in [9.17, 15) is 4.79 Å². The van der Waals surface area contributed by atoms with Gasteiger partial charge in [0.1, 0.15) is 5.35 Å². The molecule has 5 nitrogen and oxygen atoms in total. The third kappa shape index (κ3) is 1.28. The highest BCUT2D eigenvalue weighted by molar-refractivity contribution is 5.86. The lowest BCUT2D eigenvalue weighted by Gasteiger charge is -1.95. The number of carbonyl (C=O) groups excluding carboxylic acids is 1. The van der Waals surface area contributed by atoms with E-state index in [4.69, 9.17) is 0 Å². The van der Waals surface area contributed by atoms with Crippen molar-refractivity contribution >= 4 is 12.0 Å². The number of hydrogen-bond acceptors (Lipinski definition) is 5. The second-order valence-corrected chi connectivity index (χ2v) is 2.50. The van der Waals surface area contributed by atoms with Crippen LogP contribution in [0.15, 0.2) is 11.2 Å². The molecule has 0 atom stereocenters. The Hall–Kier alpha value is -1.78. The molecule has 66 valence electrons. The van der Waals surface area contributed by atoms with Crippen LogP contribution in [0.2, 0.25) is 0 Å². The van der Waals surface area contributed by atoms with Gasteiger partial charge in [-0.1, -0.05) is 0 Å². The number of hydrogen-bond donors (Lipinski definition) is 0. The minimum absolute atomic E-state index is 0.217. The van der Waals surface area contributed by atoms with Crippen LogP contribution >= 0.6 is 0 Å². The molecule has 0 N–H and O–H groups in total. The first-order valence-electron chi connectivity index (χ1n) is 3.77. The molecule has 1 aromatic heterocycles. The van der Waals surface area contributed by atoms with Crippen molar-refractivity contribution in [2.75, 3.05) is 13.7 Å². The van der Waals surface area contributed by atoms with E-state index in [1.54, 1.807) is 0 Å². The molecule has 13 heavy (non-hydrogen) atoms. The van der Waals surface area contributed by atoms with Crippen LogP contribution in [-0.4, -0.2) is 29.6 Å². The molecule has 2 heterocycles. The number of aromatic nitrogens is 2. The molecule has 1 aliphatic heterocycles. The molecule has 0 fully saturated rings. The predicted molar refractivity (Wildman–Crippen MR) is 43.5 cm³/mol. The molecule has 1 aliphatic rings. The number of rotatable bonds is 1. The van der Waals surface area contributed by atoms with Crippen molar-refractivity contribution < 1.29 is 9.53 Å². The minimum atomic E-state index is -0.476. The Labute approximate surface area is 73.8 Å². The molecule has 0 saturated heterocycles. The Morgan fingerprint density at radius 1 is 1.62 bits per heavy atom. The van der Waals surface area contributed by atoms with Crippen LogP contribution in [0.5, 0.6) is 0 Å². The van der Waals surface area contributed by atoms with Crippen LogP contribution in [-0.2, 0) is 4.74 Å². The maximum atomic E-state index is 11.0. The van der Waals surface area contributed by atoms with E-state index in [0.717, 1.165) is 0 Å². The lowest BCUT2D eigenvalue weighted by molar-refractivity contribution is 0.0593. The summed E-state index contributed by atoms with van der Waals surface area (Å²) < 4.78 is 4.51. The van der Waals surface area contributed by atoms with E-state index < -0.39 is 5.97 Å². The van der Waals surface area contributed by atoms with Gasteiger partial charge >= 0.3 is 5.97 Å². The topological polar surface area (TPSA) is 64.4 Å². The van der Waals surface area contributed by atoms with Crippen molar-refractivity contribution in [3.8, 4) is 0 Å². The Morgan fingerprint density at radius 3 is 3.23 bits per heavy atom. The first-order valence-corrected chi connectivity index (χ1v) is 3.77. The van der Waals surface area contributed by atoms with Gasteiger partial charge in [-0.15, -0.1) is 0 Å². The van der Waals surface area contributed by atoms with Gasteiger partial charge < -0.3 is 4.74 Å². The van der Waals surface area contributed by atoms with E-state index in [2.05, 4.69) is 19.7 Å². The highest BCUT2D eigenvalue weighted by Crippen LogP contribution is 1.89. The van der Waals surface area contributed by atoms with E-state index in [-0.39, 0.29) is 5.69 Å². The monoisotopic (exact) mass is 177 g/mol. The van der Waals surface area contributed by atoms with E-state index >= 15 is 0 Å². The molecule has 0 bridgehead atoms. The van der Waals surface area contributed by atoms with Crippen LogP contribution in [0.25, 0.3) is 6.08 Å². The summed E-state index contributed by atoms with van der Waals surface area (Å²) in [5.41, 5.74) is 0.808. The quantitative estimate of drug-likeness (QED) is 0.499. The number of ether oxygens (including phenoxy) is 1. The summed E-state index contributed by atoms with van der Waals surface area (Å²) >= 11 is 0. The molecule has 0 aromatic carbocycles. The second-order valence-electron chi connectivity index (χ2n) is 2.50. The van der Waals surface area contributed by atoms with Crippen molar-refractivity contribution in [1.29, 1.82) is 0 Å². The zero-order valence-corrected chi connectivity index (χ0v) is 7.02. The van der Waals surface area contributed by atoms with Gasteiger partial charge in [0.25, 0.3) is 0 Å². The summed E-state index contributed by atoms with van der Waals surface area (Å²) in [4.78, 5) is 23.1. The summed E-state index contributed by atoms with van der Waals surface area (Å²) in [6, 6.07) is 0. The smallest absolute Gasteiger partial charge is 0.358 e. The fourth-order valence-corrected chi connectivity index (χ4v) is 1.08. The van der Waals surface area contributed by atoms with Gasteiger partial charge in [-0.3, -0.25) is 4.99 Å². The van der Waals surface area contributed by atoms with Crippen molar-refractivity contribution in [1.82, 2.24) is 9.97 Å². The summed E-state index contributed by atoms with van der Waals surface area (Å²) in [5, 5.41) is 0.655. The van der Waals surface area contributed by atoms with Gasteiger partial charge in [0, 0.05) is 0 Å². The molecule has 5 heteroatoms. The highest BCUT2D eigenvalue weighted by atomic mass is 16.5. The average Bonchev–Trinajstić information content (AvgIpc) is 2.63. The van der Waals surface area contributed by atoms with Crippen molar-refractivity contribution in [2.45, 2.75) is 0 Å². The Balaban J connectivity index is 2.55. The van der Waals surface area contributed by atoms with Gasteiger partial charge in [0.05, 0.1) is 19.9 Å². The maximum absolute atomic E-state index is 11.0. The third-order valence-electron chi connectivity index (χ3n) is 1.70. The van der Waals surface area contributed by atoms with Gasteiger partial charge in [-0.2, -0.15) is 0 Å². The number of methoxy groups -OCH3 is 1. The largest absolute Gasteiger partial charge is 0.464 e. The lowest BCUT2D eigenvalue weighted by atomic mass is 10.4. The Morgan fingerprint density at radius 2 is 2.46 bits per heavy atom. The SMILES string of the molecule is COC(=O)c1cnc2c(n1)=CCN=2. The van der Waals surface area contributed by atoms with Crippen LogP contribution in [0.3, 0.4) is 0 Å². The molecule has 0 radical (unpaired) electrons. The molecule has 0 aliphatic carbocycles. The normalized spacial score (nSPS) is 12.7. The molecule has 0 amide bonds. The zero-order valence-electron chi connectivity index (χ0n) is 7.02. The molecule has 2 rings (SSSR count). The van der Waals surface area contributed by atoms with E-state index in [1.165, 1.54) is 13.3 Å². The van der Waals surface area contributed by atoms with Crippen molar-refractivity contribution in [3.05, 3.63) is 22.7 Å². The van der Waals surface area contributed by atoms with Crippen molar-refractivity contribution in [3.63, 3.8) is 0 Å². The molecular weight excluding hydrogens is 170 g/mol. The van der Waals surface area contributed by atoms with Crippen LogP contribution in [0.4, 0.5) is 0 Å². The second kappa shape index (κ2) is 2.93. The number of carbonyl (C=O) groups is 1. The summed E-state index contributed by atoms with van der Waals surface area (Å²) in [7, 11) is 1.31. The Bertz CT molecular complexity index is 467. The minimum Gasteiger partial charge on any atom is -0.464 e.